The van der Waals surface area contributed by atoms with Crippen LogP contribution in [0.5, 0.6) is 0 Å². The van der Waals surface area contributed by atoms with Crippen molar-refractivity contribution in [2.45, 2.75) is 32.9 Å². The number of hydrogen-bond acceptors (Lipinski definition) is 5. The van der Waals surface area contributed by atoms with Gasteiger partial charge in [-0.15, -0.1) is 0 Å². The van der Waals surface area contributed by atoms with Crippen molar-refractivity contribution in [2.24, 2.45) is 5.73 Å². The second-order valence-electron chi connectivity index (χ2n) is 4.93. The summed E-state index contributed by atoms with van der Waals surface area (Å²) in [6, 6.07) is 2.09. The molecule has 0 radical (unpaired) electrons. The Bertz CT molecular complexity index is 518. The van der Waals surface area contributed by atoms with Gasteiger partial charge in [0.1, 0.15) is 5.76 Å². The molecule has 1 unspecified atom stereocenters. The highest BCUT2D eigenvalue weighted by Gasteiger charge is 2.09. The average Bonchev–Trinajstić information content (AvgIpc) is 2.75. The Morgan fingerprint density at radius 1 is 1.37 bits per heavy atom. The van der Waals surface area contributed by atoms with Crippen LogP contribution in [0.1, 0.15) is 23.8 Å². The smallest absolute Gasteiger partial charge is 0.225 e. The fourth-order valence-corrected chi connectivity index (χ4v) is 1.92. The molecule has 0 bridgehead atoms. The zero-order chi connectivity index (χ0) is 13.8. The van der Waals surface area contributed by atoms with Crippen molar-refractivity contribution in [1.82, 2.24) is 9.97 Å². The van der Waals surface area contributed by atoms with Crippen LogP contribution in [-0.4, -0.2) is 23.1 Å². The van der Waals surface area contributed by atoms with E-state index in [4.69, 9.17) is 10.2 Å². The average molecular weight is 260 g/mol. The van der Waals surface area contributed by atoms with E-state index in [1.807, 2.05) is 44.3 Å². The maximum Gasteiger partial charge on any atom is 0.225 e. The van der Waals surface area contributed by atoms with Crippen molar-refractivity contribution < 1.29 is 4.42 Å². The summed E-state index contributed by atoms with van der Waals surface area (Å²) in [5.74, 6) is 1.63. The van der Waals surface area contributed by atoms with Crippen LogP contribution >= 0.6 is 0 Å². The highest BCUT2D eigenvalue weighted by atomic mass is 16.3. The number of anilines is 1. The Labute approximate surface area is 113 Å². The summed E-state index contributed by atoms with van der Waals surface area (Å²) in [6.07, 6.45) is 6.17. The SMILES string of the molecule is Cc1occc1CN(C)c1ncc(CC(C)N)cn1. The summed E-state index contributed by atoms with van der Waals surface area (Å²) in [7, 11) is 1.97. The molecule has 0 saturated heterocycles. The van der Waals surface area contributed by atoms with Gasteiger partial charge in [-0.25, -0.2) is 9.97 Å². The van der Waals surface area contributed by atoms with Gasteiger partial charge in [0.15, 0.2) is 0 Å². The minimum absolute atomic E-state index is 0.126. The highest BCUT2D eigenvalue weighted by Crippen LogP contribution is 2.14. The molecule has 0 aliphatic heterocycles. The maximum atomic E-state index is 5.75. The van der Waals surface area contributed by atoms with Gasteiger partial charge in [0, 0.05) is 37.6 Å². The van der Waals surface area contributed by atoms with Crippen LogP contribution in [0.15, 0.2) is 29.1 Å². The maximum absolute atomic E-state index is 5.75. The third-order valence-corrected chi connectivity index (χ3v) is 2.96. The number of nitrogens with zero attached hydrogens (tertiary/aromatic N) is 3. The van der Waals surface area contributed by atoms with Gasteiger partial charge >= 0.3 is 0 Å². The molecular weight excluding hydrogens is 240 g/mol. The van der Waals surface area contributed by atoms with Crippen molar-refractivity contribution in [3.8, 4) is 0 Å². The second kappa shape index (κ2) is 5.84. The summed E-state index contributed by atoms with van der Waals surface area (Å²) >= 11 is 0. The summed E-state index contributed by atoms with van der Waals surface area (Å²) in [6.45, 7) is 4.66. The standard InChI is InChI=1S/C14H20N4O/c1-10(15)6-12-7-16-14(17-8-12)18(3)9-13-4-5-19-11(13)2/h4-5,7-8,10H,6,9,15H2,1-3H3. The Morgan fingerprint density at radius 3 is 2.58 bits per heavy atom. The van der Waals surface area contributed by atoms with E-state index in [1.54, 1.807) is 6.26 Å². The first-order valence-corrected chi connectivity index (χ1v) is 6.37. The van der Waals surface area contributed by atoms with Crippen molar-refractivity contribution >= 4 is 5.95 Å². The fraction of sp³-hybridized carbons (Fsp3) is 0.429. The minimum atomic E-state index is 0.126. The quantitative estimate of drug-likeness (QED) is 0.889. The number of furan rings is 1. The van der Waals surface area contributed by atoms with E-state index in [1.165, 1.54) is 0 Å². The largest absolute Gasteiger partial charge is 0.469 e. The van der Waals surface area contributed by atoms with Crippen LogP contribution in [0, 0.1) is 6.92 Å². The number of aromatic nitrogens is 2. The summed E-state index contributed by atoms with van der Waals surface area (Å²) < 4.78 is 5.28. The van der Waals surface area contributed by atoms with E-state index in [9.17, 15) is 0 Å². The number of hydrogen-bond donors (Lipinski definition) is 1. The second-order valence-corrected chi connectivity index (χ2v) is 4.93. The minimum Gasteiger partial charge on any atom is -0.469 e. The molecule has 5 heteroatoms. The molecule has 0 fully saturated rings. The molecule has 2 aromatic heterocycles. The molecule has 0 aliphatic rings. The van der Waals surface area contributed by atoms with Gasteiger partial charge in [-0.3, -0.25) is 0 Å². The van der Waals surface area contributed by atoms with Gasteiger partial charge in [-0.1, -0.05) is 0 Å². The molecule has 2 rings (SSSR count). The van der Waals surface area contributed by atoms with E-state index < -0.39 is 0 Å². The van der Waals surface area contributed by atoms with Crippen LogP contribution in [0.4, 0.5) is 5.95 Å². The normalized spacial score (nSPS) is 12.4. The molecule has 1 atom stereocenters. The Morgan fingerprint density at radius 2 is 2.05 bits per heavy atom. The van der Waals surface area contributed by atoms with Gasteiger partial charge in [0.05, 0.1) is 6.26 Å². The van der Waals surface area contributed by atoms with Gasteiger partial charge in [-0.2, -0.15) is 0 Å². The van der Waals surface area contributed by atoms with E-state index in [2.05, 4.69) is 9.97 Å². The molecule has 19 heavy (non-hydrogen) atoms. The molecule has 2 heterocycles. The molecule has 0 amide bonds. The topological polar surface area (TPSA) is 68.2 Å². The fourth-order valence-electron chi connectivity index (χ4n) is 1.92. The zero-order valence-electron chi connectivity index (χ0n) is 11.6. The van der Waals surface area contributed by atoms with E-state index in [0.29, 0.717) is 5.95 Å². The van der Waals surface area contributed by atoms with Crippen LogP contribution in [0.25, 0.3) is 0 Å². The Balaban J connectivity index is 2.03. The molecule has 5 nitrogen and oxygen atoms in total. The van der Waals surface area contributed by atoms with Crippen LogP contribution in [-0.2, 0) is 13.0 Å². The van der Waals surface area contributed by atoms with Gasteiger partial charge in [0.25, 0.3) is 0 Å². The number of rotatable bonds is 5. The van der Waals surface area contributed by atoms with Crippen LogP contribution in [0.2, 0.25) is 0 Å². The van der Waals surface area contributed by atoms with Crippen molar-refractivity contribution in [3.05, 3.63) is 41.6 Å². The zero-order valence-corrected chi connectivity index (χ0v) is 11.6. The number of aryl methyl sites for hydroxylation is 1. The van der Waals surface area contributed by atoms with Crippen molar-refractivity contribution in [1.29, 1.82) is 0 Å². The van der Waals surface area contributed by atoms with Crippen molar-refractivity contribution in [2.75, 3.05) is 11.9 Å². The number of nitrogens with two attached hydrogens (primary N) is 1. The van der Waals surface area contributed by atoms with Crippen LogP contribution < -0.4 is 10.6 Å². The Kier molecular flexibility index (Phi) is 4.16. The lowest BCUT2D eigenvalue weighted by Gasteiger charge is -2.16. The highest BCUT2D eigenvalue weighted by molar-refractivity contribution is 5.31. The molecule has 2 N–H and O–H groups in total. The monoisotopic (exact) mass is 260 g/mol. The van der Waals surface area contributed by atoms with Gasteiger partial charge < -0.3 is 15.1 Å². The predicted molar refractivity (Wildman–Crippen MR) is 74.9 cm³/mol. The molecule has 102 valence electrons. The molecule has 2 aromatic rings. The first-order chi connectivity index (χ1) is 9.06. The summed E-state index contributed by atoms with van der Waals surface area (Å²) in [4.78, 5) is 10.7. The summed E-state index contributed by atoms with van der Waals surface area (Å²) in [5, 5.41) is 0. The lowest BCUT2D eigenvalue weighted by atomic mass is 10.1. The lowest BCUT2D eigenvalue weighted by Crippen LogP contribution is -2.20. The first kappa shape index (κ1) is 13.5. The first-order valence-electron chi connectivity index (χ1n) is 6.37. The lowest BCUT2D eigenvalue weighted by molar-refractivity contribution is 0.529. The van der Waals surface area contributed by atoms with E-state index >= 15 is 0 Å². The molecule has 0 aliphatic carbocycles. The molecular formula is C14H20N4O. The Hall–Kier alpha value is -1.88. The third kappa shape index (κ3) is 3.54. The van der Waals surface area contributed by atoms with Crippen molar-refractivity contribution in [3.63, 3.8) is 0 Å². The van der Waals surface area contributed by atoms with Gasteiger partial charge in [0.2, 0.25) is 5.95 Å². The van der Waals surface area contributed by atoms with E-state index in [-0.39, 0.29) is 6.04 Å². The summed E-state index contributed by atoms with van der Waals surface area (Å²) in [5.41, 5.74) is 7.96. The van der Waals surface area contributed by atoms with E-state index in [0.717, 1.165) is 29.9 Å². The molecule has 0 aromatic carbocycles. The third-order valence-electron chi connectivity index (χ3n) is 2.96. The van der Waals surface area contributed by atoms with Gasteiger partial charge in [-0.05, 0) is 31.9 Å². The molecule has 0 spiro atoms. The predicted octanol–water partition coefficient (Wildman–Crippen LogP) is 1.90. The molecule has 0 saturated carbocycles. The van der Waals surface area contributed by atoms with Crippen LogP contribution in [0.3, 0.4) is 0 Å².